The standard InChI is InChI=1S/C6H3ClF3N/c7-4-2-1-3-5(6(4)8)11(9)10/h1-3H. The molecule has 0 aliphatic carbocycles. The molecule has 0 aliphatic rings. The molecule has 0 spiro atoms. The van der Waals surface area contributed by atoms with Gasteiger partial charge in [-0.05, 0) is 17.5 Å². The number of hydrogen-bond donors (Lipinski definition) is 0. The molecule has 0 unspecified atom stereocenters. The lowest BCUT2D eigenvalue weighted by Crippen LogP contribution is -1.98. The predicted molar refractivity (Wildman–Crippen MR) is 36.1 cm³/mol. The molecule has 1 nitrogen and oxygen atoms in total. The van der Waals surface area contributed by atoms with Crippen LogP contribution in [0.3, 0.4) is 0 Å². The summed E-state index contributed by atoms with van der Waals surface area (Å²) in [6.07, 6.45) is 0. The summed E-state index contributed by atoms with van der Waals surface area (Å²) in [5, 5.41) is -1.64. The van der Waals surface area contributed by atoms with Crippen molar-refractivity contribution in [1.29, 1.82) is 0 Å². The minimum absolute atomic E-state index is 0.317. The SMILES string of the molecule is Fc1c(Cl)cccc1N(F)F. The summed E-state index contributed by atoms with van der Waals surface area (Å²) in [6.45, 7) is 0. The van der Waals surface area contributed by atoms with E-state index < -0.39 is 16.8 Å². The van der Waals surface area contributed by atoms with Crippen molar-refractivity contribution in [2.45, 2.75) is 0 Å². The summed E-state index contributed by atoms with van der Waals surface area (Å²) >= 11 is 5.22. The van der Waals surface area contributed by atoms with Gasteiger partial charge in [0.1, 0.15) is 5.69 Å². The summed E-state index contributed by atoms with van der Waals surface area (Å²) in [5.74, 6) is -1.11. The molecule has 1 aromatic carbocycles. The average Bonchev–Trinajstić information content (AvgIpc) is 1.94. The summed E-state index contributed by atoms with van der Waals surface area (Å²) in [7, 11) is 0. The second kappa shape index (κ2) is 3.00. The van der Waals surface area contributed by atoms with Crippen molar-refractivity contribution in [1.82, 2.24) is 0 Å². The minimum Gasteiger partial charge on any atom is -0.203 e. The van der Waals surface area contributed by atoms with Gasteiger partial charge in [-0.3, -0.25) is 0 Å². The average molecular weight is 182 g/mol. The second-order valence-electron chi connectivity index (χ2n) is 1.81. The molecule has 0 bridgehead atoms. The highest BCUT2D eigenvalue weighted by Gasteiger charge is 2.12. The van der Waals surface area contributed by atoms with E-state index in [1.165, 1.54) is 12.1 Å². The van der Waals surface area contributed by atoms with E-state index in [4.69, 9.17) is 11.6 Å². The second-order valence-corrected chi connectivity index (χ2v) is 2.21. The topological polar surface area (TPSA) is 3.24 Å². The first-order valence-corrected chi connectivity index (χ1v) is 3.06. The third-order valence-electron chi connectivity index (χ3n) is 1.11. The summed E-state index contributed by atoms with van der Waals surface area (Å²) in [4.78, 5) is 0. The highest BCUT2D eigenvalue weighted by Crippen LogP contribution is 2.25. The Morgan fingerprint density at radius 3 is 2.36 bits per heavy atom. The first-order valence-electron chi connectivity index (χ1n) is 2.68. The molecule has 0 atom stereocenters. The van der Waals surface area contributed by atoms with Gasteiger partial charge in [0.2, 0.25) is 0 Å². The van der Waals surface area contributed by atoms with E-state index in [1.807, 2.05) is 0 Å². The predicted octanol–water partition coefficient (Wildman–Crippen LogP) is 3.05. The van der Waals surface area contributed by atoms with Crippen LogP contribution in [0.1, 0.15) is 0 Å². The molecule has 5 heteroatoms. The zero-order valence-electron chi connectivity index (χ0n) is 5.19. The van der Waals surface area contributed by atoms with Gasteiger partial charge in [-0.15, -0.1) is 0 Å². The maximum Gasteiger partial charge on any atom is 0.170 e. The third kappa shape index (κ3) is 1.57. The molecular formula is C6H3ClF3N. The fourth-order valence-corrected chi connectivity index (χ4v) is 0.793. The minimum atomic E-state index is -1.32. The van der Waals surface area contributed by atoms with Crippen LogP contribution in [0, 0.1) is 5.82 Å². The van der Waals surface area contributed by atoms with Crippen molar-refractivity contribution in [3.63, 3.8) is 0 Å². The van der Waals surface area contributed by atoms with Gasteiger partial charge in [-0.25, -0.2) is 4.39 Å². The van der Waals surface area contributed by atoms with Crippen molar-refractivity contribution in [2.75, 3.05) is 5.34 Å². The van der Waals surface area contributed by atoms with E-state index in [0.29, 0.717) is 0 Å². The van der Waals surface area contributed by atoms with Crippen LogP contribution in [-0.2, 0) is 0 Å². The van der Waals surface area contributed by atoms with Gasteiger partial charge in [0.05, 0.1) is 5.02 Å². The van der Waals surface area contributed by atoms with Gasteiger partial charge in [-0.1, -0.05) is 26.6 Å². The molecule has 1 aromatic rings. The van der Waals surface area contributed by atoms with E-state index in [-0.39, 0.29) is 5.02 Å². The lowest BCUT2D eigenvalue weighted by Gasteiger charge is -2.03. The highest BCUT2D eigenvalue weighted by molar-refractivity contribution is 6.31. The number of halogens is 4. The highest BCUT2D eigenvalue weighted by atomic mass is 35.5. The largest absolute Gasteiger partial charge is 0.203 e. The van der Waals surface area contributed by atoms with Crippen molar-refractivity contribution in [3.05, 3.63) is 29.0 Å². The molecule has 0 amide bonds. The molecule has 0 aliphatic heterocycles. The Morgan fingerprint density at radius 2 is 1.91 bits per heavy atom. The maximum atomic E-state index is 12.6. The Bertz CT molecular complexity index is 264. The zero-order valence-corrected chi connectivity index (χ0v) is 5.95. The van der Waals surface area contributed by atoms with Crippen LogP contribution in [0.2, 0.25) is 5.02 Å². The molecule has 1 rings (SSSR count). The zero-order chi connectivity index (χ0) is 8.43. The Labute approximate surface area is 65.9 Å². The van der Waals surface area contributed by atoms with Gasteiger partial charge in [0.25, 0.3) is 0 Å². The van der Waals surface area contributed by atoms with Crippen LogP contribution in [-0.4, -0.2) is 0 Å². The molecule has 0 N–H and O–H groups in total. The van der Waals surface area contributed by atoms with Gasteiger partial charge in [0.15, 0.2) is 5.82 Å². The number of benzene rings is 1. The number of rotatable bonds is 1. The van der Waals surface area contributed by atoms with E-state index in [9.17, 15) is 13.4 Å². The van der Waals surface area contributed by atoms with Gasteiger partial charge >= 0.3 is 0 Å². The number of nitrogens with zero attached hydrogens (tertiary/aromatic N) is 1. The Hall–Kier alpha value is -0.900. The van der Waals surface area contributed by atoms with Crippen LogP contribution in [0.15, 0.2) is 18.2 Å². The molecule has 0 heterocycles. The monoisotopic (exact) mass is 181 g/mol. The third-order valence-corrected chi connectivity index (χ3v) is 1.41. The van der Waals surface area contributed by atoms with Crippen molar-refractivity contribution < 1.29 is 13.4 Å². The van der Waals surface area contributed by atoms with Gasteiger partial charge < -0.3 is 0 Å². The van der Waals surface area contributed by atoms with Crippen molar-refractivity contribution >= 4 is 17.3 Å². The van der Waals surface area contributed by atoms with E-state index in [2.05, 4.69) is 0 Å². The Morgan fingerprint density at radius 1 is 1.27 bits per heavy atom. The Kier molecular flexibility index (Phi) is 2.24. The van der Waals surface area contributed by atoms with Crippen molar-refractivity contribution in [2.24, 2.45) is 0 Å². The van der Waals surface area contributed by atoms with Crippen LogP contribution >= 0.6 is 11.6 Å². The van der Waals surface area contributed by atoms with Crippen molar-refractivity contribution in [3.8, 4) is 0 Å². The van der Waals surface area contributed by atoms with E-state index in [1.54, 1.807) is 0 Å². The molecule has 0 fully saturated rings. The number of hydrogen-bond acceptors (Lipinski definition) is 1. The molecule has 11 heavy (non-hydrogen) atoms. The molecule has 0 aromatic heterocycles. The summed E-state index contributed by atoms with van der Waals surface area (Å²) in [6, 6.07) is 3.37. The molecule has 60 valence electrons. The van der Waals surface area contributed by atoms with E-state index in [0.717, 1.165) is 6.07 Å². The lowest BCUT2D eigenvalue weighted by molar-refractivity contribution is 0.231. The quantitative estimate of drug-likeness (QED) is 0.602. The van der Waals surface area contributed by atoms with Crippen LogP contribution in [0.4, 0.5) is 19.0 Å². The van der Waals surface area contributed by atoms with Crippen LogP contribution in [0.5, 0.6) is 0 Å². The molecule has 0 radical (unpaired) electrons. The van der Waals surface area contributed by atoms with Gasteiger partial charge in [-0.2, -0.15) is 0 Å². The summed E-state index contributed by atoms with van der Waals surface area (Å²) < 4.78 is 36.1. The van der Waals surface area contributed by atoms with Crippen LogP contribution < -0.4 is 5.34 Å². The molecule has 0 saturated heterocycles. The first kappa shape index (κ1) is 8.20. The van der Waals surface area contributed by atoms with E-state index >= 15 is 0 Å². The lowest BCUT2D eigenvalue weighted by atomic mass is 10.3. The fraction of sp³-hybridized carbons (Fsp3) is 0. The molecule has 0 saturated carbocycles. The summed E-state index contributed by atoms with van der Waals surface area (Å²) in [5.41, 5.74) is -0.822. The first-order chi connectivity index (χ1) is 5.13. The van der Waals surface area contributed by atoms with Crippen LogP contribution in [0.25, 0.3) is 0 Å². The number of anilines is 1. The fourth-order valence-electron chi connectivity index (χ4n) is 0.623. The van der Waals surface area contributed by atoms with Gasteiger partial charge in [0, 0.05) is 0 Å². The smallest absolute Gasteiger partial charge is 0.170 e. The Balaban J connectivity index is 3.17. The molecular weight excluding hydrogens is 179 g/mol. The normalized spacial score (nSPS) is 9.82. The maximum absolute atomic E-state index is 12.6.